The van der Waals surface area contributed by atoms with Gasteiger partial charge in [0.15, 0.2) is 10.0 Å². The van der Waals surface area contributed by atoms with Crippen molar-refractivity contribution in [1.82, 2.24) is 9.29 Å². The van der Waals surface area contributed by atoms with Gasteiger partial charge in [-0.2, -0.15) is 4.31 Å². The number of halogens is 2. The molecule has 9 heteroatoms. The SMILES string of the molecule is CCCc1ccc(Cc2csc(N3CCN(S(=O)(=O)c4c(F)cccc4F)CC3)n2)cc1. The normalized spacial score (nSPS) is 15.3. The first-order valence-electron chi connectivity index (χ1n) is 10.6. The van der Waals surface area contributed by atoms with Gasteiger partial charge in [0, 0.05) is 38.0 Å². The molecular formula is C23H25F2N3O2S2. The predicted molar refractivity (Wildman–Crippen MR) is 123 cm³/mol. The van der Waals surface area contributed by atoms with Crippen LogP contribution >= 0.6 is 11.3 Å². The van der Waals surface area contributed by atoms with Crippen molar-refractivity contribution in [3.8, 4) is 0 Å². The Morgan fingerprint density at radius 2 is 1.59 bits per heavy atom. The molecule has 0 unspecified atom stereocenters. The highest BCUT2D eigenvalue weighted by Gasteiger charge is 2.33. The second-order valence-corrected chi connectivity index (χ2v) is 10.5. The summed E-state index contributed by atoms with van der Waals surface area (Å²) in [4.78, 5) is 5.85. The highest BCUT2D eigenvalue weighted by molar-refractivity contribution is 7.89. The summed E-state index contributed by atoms with van der Waals surface area (Å²) in [6, 6.07) is 11.7. The zero-order valence-electron chi connectivity index (χ0n) is 17.8. The van der Waals surface area contributed by atoms with Gasteiger partial charge in [0.25, 0.3) is 0 Å². The van der Waals surface area contributed by atoms with Gasteiger partial charge in [-0.1, -0.05) is 43.7 Å². The molecule has 1 saturated heterocycles. The van der Waals surface area contributed by atoms with Crippen LogP contribution in [0.2, 0.25) is 0 Å². The van der Waals surface area contributed by atoms with E-state index in [1.165, 1.54) is 22.5 Å². The van der Waals surface area contributed by atoms with E-state index in [1.54, 1.807) is 0 Å². The summed E-state index contributed by atoms with van der Waals surface area (Å²) >= 11 is 1.52. The predicted octanol–water partition coefficient (Wildman–Crippen LogP) is 4.48. The molecule has 1 aromatic heterocycles. The lowest BCUT2D eigenvalue weighted by molar-refractivity contribution is 0.378. The molecule has 0 atom stereocenters. The van der Waals surface area contributed by atoms with Crippen molar-refractivity contribution in [2.75, 3.05) is 31.1 Å². The van der Waals surface area contributed by atoms with E-state index in [0.29, 0.717) is 13.1 Å². The molecule has 4 rings (SSSR count). The summed E-state index contributed by atoms with van der Waals surface area (Å²) in [6.45, 7) is 3.27. The number of thiazole rings is 1. The molecule has 1 fully saturated rings. The molecule has 2 heterocycles. The van der Waals surface area contributed by atoms with E-state index in [9.17, 15) is 17.2 Å². The molecule has 0 amide bonds. The largest absolute Gasteiger partial charge is 0.345 e. The van der Waals surface area contributed by atoms with Gasteiger partial charge in [-0.3, -0.25) is 0 Å². The number of hydrogen-bond donors (Lipinski definition) is 0. The van der Waals surface area contributed by atoms with Crippen molar-refractivity contribution < 1.29 is 17.2 Å². The zero-order chi connectivity index (χ0) is 22.7. The van der Waals surface area contributed by atoms with Crippen LogP contribution in [0.1, 0.15) is 30.2 Å². The van der Waals surface area contributed by atoms with Crippen LogP contribution in [0.4, 0.5) is 13.9 Å². The van der Waals surface area contributed by atoms with Crippen molar-refractivity contribution in [1.29, 1.82) is 0 Å². The number of hydrogen-bond acceptors (Lipinski definition) is 5. The van der Waals surface area contributed by atoms with Crippen LogP contribution in [-0.2, 0) is 22.9 Å². The van der Waals surface area contributed by atoms with E-state index < -0.39 is 26.6 Å². The average molecular weight is 478 g/mol. The molecule has 170 valence electrons. The van der Waals surface area contributed by atoms with Crippen molar-refractivity contribution in [2.24, 2.45) is 0 Å². The highest BCUT2D eigenvalue weighted by Crippen LogP contribution is 2.27. The summed E-state index contributed by atoms with van der Waals surface area (Å²) in [6.07, 6.45) is 2.94. The molecule has 0 radical (unpaired) electrons. The van der Waals surface area contributed by atoms with Crippen LogP contribution < -0.4 is 4.90 Å². The van der Waals surface area contributed by atoms with Gasteiger partial charge < -0.3 is 4.90 Å². The molecular weight excluding hydrogens is 452 g/mol. The minimum atomic E-state index is -4.23. The quantitative estimate of drug-likeness (QED) is 0.504. The Bertz CT molecular complexity index is 1150. The van der Waals surface area contributed by atoms with Gasteiger partial charge in [-0.15, -0.1) is 11.3 Å². The molecule has 1 aliphatic rings. The van der Waals surface area contributed by atoms with E-state index in [1.807, 2.05) is 10.3 Å². The number of anilines is 1. The number of nitrogens with zero attached hydrogens (tertiary/aromatic N) is 3. The summed E-state index contributed by atoms with van der Waals surface area (Å²) in [5, 5.41) is 2.85. The van der Waals surface area contributed by atoms with Gasteiger partial charge in [0.2, 0.25) is 10.0 Å². The van der Waals surface area contributed by atoms with Crippen LogP contribution in [0.3, 0.4) is 0 Å². The van der Waals surface area contributed by atoms with E-state index >= 15 is 0 Å². The summed E-state index contributed by atoms with van der Waals surface area (Å²) in [5.74, 6) is -2.14. The number of rotatable bonds is 7. The van der Waals surface area contributed by atoms with E-state index in [4.69, 9.17) is 4.98 Å². The highest BCUT2D eigenvalue weighted by atomic mass is 32.2. The Hall–Kier alpha value is -2.36. The molecule has 5 nitrogen and oxygen atoms in total. The lowest BCUT2D eigenvalue weighted by atomic mass is 10.1. The fourth-order valence-corrected chi connectivity index (χ4v) is 6.23. The average Bonchev–Trinajstić information content (AvgIpc) is 3.24. The number of benzene rings is 2. The topological polar surface area (TPSA) is 53.5 Å². The Kier molecular flexibility index (Phi) is 6.88. The monoisotopic (exact) mass is 477 g/mol. The molecule has 3 aromatic rings. The number of sulfonamides is 1. The standard InChI is InChI=1S/C23H25F2N3O2S2/c1-2-4-17-7-9-18(10-8-17)15-19-16-31-23(26-19)27-11-13-28(14-12-27)32(29,30)22-20(24)5-3-6-21(22)25/h3,5-10,16H,2,4,11-15H2,1H3. The van der Waals surface area contributed by atoms with E-state index in [-0.39, 0.29) is 13.1 Å². The van der Waals surface area contributed by atoms with Crippen molar-refractivity contribution in [3.05, 3.63) is 76.3 Å². The smallest absolute Gasteiger partial charge is 0.249 e. The van der Waals surface area contributed by atoms with Crippen molar-refractivity contribution in [3.63, 3.8) is 0 Å². The summed E-state index contributed by atoms with van der Waals surface area (Å²) in [7, 11) is -4.23. The minimum absolute atomic E-state index is 0.143. The van der Waals surface area contributed by atoms with E-state index in [2.05, 4.69) is 31.2 Å². The fraction of sp³-hybridized carbons (Fsp3) is 0.348. The van der Waals surface area contributed by atoms with Crippen molar-refractivity contribution in [2.45, 2.75) is 31.1 Å². The molecule has 32 heavy (non-hydrogen) atoms. The lowest BCUT2D eigenvalue weighted by Crippen LogP contribution is -2.49. The van der Waals surface area contributed by atoms with Crippen LogP contribution in [0.25, 0.3) is 0 Å². The molecule has 2 aromatic carbocycles. The first-order valence-corrected chi connectivity index (χ1v) is 12.9. The van der Waals surface area contributed by atoms with Gasteiger partial charge in [-0.25, -0.2) is 22.2 Å². The minimum Gasteiger partial charge on any atom is -0.345 e. The maximum atomic E-state index is 14.0. The van der Waals surface area contributed by atoms with Crippen molar-refractivity contribution >= 4 is 26.5 Å². The molecule has 0 N–H and O–H groups in total. The lowest BCUT2D eigenvalue weighted by Gasteiger charge is -2.33. The van der Waals surface area contributed by atoms with Crippen LogP contribution in [-0.4, -0.2) is 43.9 Å². The maximum absolute atomic E-state index is 14.0. The number of aromatic nitrogens is 1. The van der Waals surface area contributed by atoms with Gasteiger partial charge in [-0.05, 0) is 29.7 Å². The first kappa shape index (κ1) is 22.8. The number of piperazine rings is 1. The van der Waals surface area contributed by atoms with Crippen LogP contribution in [0.15, 0.2) is 52.7 Å². The third-order valence-electron chi connectivity index (χ3n) is 5.51. The Morgan fingerprint density at radius 1 is 0.969 bits per heavy atom. The van der Waals surface area contributed by atoms with Crippen LogP contribution in [0, 0.1) is 11.6 Å². The molecule has 1 aliphatic heterocycles. The number of aryl methyl sites for hydroxylation is 1. The molecule has 0 saturated carbocycles. The molecule has 0 aliphatic carbocycles. The summed E-state index contributed by atoms with van der Waals surface area (Å²) < 4.78 is 54.7. The third kappa shape index (κ3) is 4.84. The summed E-state index contributed by atoms with van der Waals surface area (Å²) in [5.41, 5.74) is 3.50. The molecule has 0 spiro atoms. The Balaban J connectivity index is 1.39. The van der Waals surface area contributed by atoms with Gasteiger partial charge >= 0.3 is 0 Å². The maximum Gasteiger partial charge on any atom is 0.249 e. The molecule has 0 bridgehead atoms. The Labute approximate surface area is 191 Å². The van der Waals surface area contributed by atoms with Crippen LogP contribution in [0.5, 0.6) is 0 Å². The zero-order valence-corrected chi connectivity index (χ0v) is 19.4. The Morgan fingerprint density at radius 3 is 2.22 bits per heavy atom. The third-order valence-corrected chi connectivity index (χ3v) is 8.41. The van der Waals surface area contributed by atoms with Gasteiger partial charge in [0.05, 0.1) is 5.69 Å². The second-order valence-electron chi connectivity index (χ2n) is 7.81. The van der Waals surface area contributed by atoms with E-state index in [0.717, 1.165) is 52.6 Å². The first-order chi connectivity index (χ1) is 15.4. The van der Waals surface area contributed by atoms with Gasteiger partial charge in [0.1, 0.15) is 11.6 Å². The fourth-order valence-electron chi connectivity index (χ4n) is 3.82. The second kappa shape index (κ2) is 9.64.